The number of carbonyl (C=O) groups is 1. The molecular weight excluding hydrogens is 269 g/mol. The Labute approximate surface area is 123 Å². The molecule has 1 aliphatic rings. The lowest BCUT2D eigenvalue weighted by molar-refractivity contribution is 0.0679. The van der Waals surface area contributed by atoms with E-state index in [-0.39, 0.29) is 23.0 Å². The molecule has 1 aromatic carbocycles. The second kappa shape index (κ2) is 5.26. The zero-order valence-electron chi connectivity index (χ0n) is 12.4. The number of fused-ring (bicyclic) bond motifs is 1. The Morgan fingerprint density at radius 1 is 1.43 bits per heavy atom. The van der Waals surface area contributed by atoms with E-state index >= 15 is 0 Å². The number of rotatable bonds is 3. The Hall–Kier alpha value is -1.68. The van der Waals surface area contributed by atoms with Gasteiger partial charge in [0.15, 0.2) is 17.2 Å². The molecule has 2 heterocycles. The molecule has 0 saturated carbocycles. The summed E-state index contributed by atoms with van der Waals surface area (Å²) < 4.78 is 19.2. The van der Waals surface area contributed by atoms with Gasteiger partial charge >= 0.3 is 0 Å². The Morgan fingerprint density at radius 3 is 2.90 bits per heavy atom. The van der Waals surface area contributed by atoms with Gasteiger partial charge in [-0.1, -0.05) is 26.0 Å². The van der Waals surface area contributed by atoms with Crippen molar-refractivity contribution in [2.75, 3.05) is 13.1 Å². The number of hydrogen-bond donors (Lipinski definition) is 1. The molecule has 1 atom stereocenters. The highest BCUT2D eigenvalue weighted by Crippen LogP contribution is 2.36. The van der Waals surface area contributed by atoms with Crippen molar-refractivity contribution in [2.45, 2.75) is 26.7 Å². The van der Waals surface area contributed by atoms with Crippen LogP contribution in [0.2, 0.25) is 0 Å². The predicted octanol–water partition coefficient (Wildman–Crippen LogP) is 3.78. The molecule has 1 saturated heterocycles. The van der Waals surface area contributed by atoms with Crippen LogP contribution < -0.4 is 5.32 Å². The van der Waals surface area contributed by atoms with Crippen LogP contribution in [0, 0.1) is 17.2 Å². The molecule has 1 fully saturated rings. The van der Waals surface area contributed by atoms with E-state index in [4.69, 9.17) is 4.42 Å². The number of halogens is 1. The van der Waals surface area contributed by atoms with Crippen LogP contribution in [0.4, 0.5) is 4.39 Å². The third-order valence-electron chi connectivity index (χ3n) is 4.62. The Bertz CT molecular complexity index is 668. The van der Waals surface area contributed by atoms with E-state index in [0.29, 0.717) is 5.39 Å². The number of nitrogens with one attached hydrogen (secondary N) is 1. The first kappa shape index (κ1) is 14.3. The van der Waals surface area contributed by atoms with E-state index in [1.807, 2.05) is 13.8 Å². The molecule has 0 spiro atoms. The van der Waals surface area contributed by atoms with Gasteiger partial charge in [-0.25, -0.2) is 4.39 Å². The second-order valence-electron chi connectivity index (χ2n) is 6.36. The SMILES string of the molecule is CC(C)(C(=O)c1cc2cccc(F)c2o1)C1CCCNC1. The van der Waals surface area contributed by atoms with Crippen LogP contribution in [-0.4, -0.2) is 18.9 Å². The van der Waals surface area contributed by atoms with Crippen molar-refractivity contribution in [1.29, 1.82) is 0 Å². The molecular formula is C17H20FNO2. The molecule has 3 rings (SSSR count). The van der Waals surface area contributed by atoms with Crippen molar-refractivity contribution in [3.05, 3.63) is 35.8 Å². The van der Waals surface area contributed by atoms with Crippen molar-refractivity contribution in [2.24, 2.45) is 11.3 Å². The molecule has 4 heteroatoms. The minimum absolute atomic E-state index is 0.0493. The maximum Gasteiger partial charge on any atom is 0.203 e. The zero-order valence-corrected chi connectivity index (χ0v) is 12.4. The zero-order chi connectivity index (χ0) is 15.0. The standard InChI is InChI=1S/C17H20FNO2/c1-17(2,12-6-4-8-19-10-12)16(20)14-9-11-5-3-7-13(18)15(11)21-14/h3,5,7,9,12,19H,4,6,8,10H2,1-2H3. The van der Waals surface area contributed by atoms with Gasteiger partial charge in [-0.3, -0.25) is 4.79 Å². The lowest BCUT2D eigenvalue weighted by Gasteiger charge is -2.35. The molecule has 1 aromatic heterocycles. The van der Waals surface area contributed by atoms with Gasteiger partial charge in [0.25, 0.3) is 0 Å². The number of hydrogen-bond acceptors (Lipinski definition) is 3. The number of benzene rings is 1. The number of Topliss-reactive ketones (excluding diaryl/α,β-unsaturated/α-hetero) is 1. The van der Waals surface area contributed by atoms with Gasteiger partial charge < -0.3 is 9.73 Å². The van der Waals surface area contributed by atoms with Crippen LogP contribution in [0.15, 0.2) is 28.7 Å². The number of para-hydroxylation sites is 1. The van der Waals surface area contributed by atoms with Crippen LogP contribution in [-0.2, 0) is 0 Å². The Morgan fingerprint density at radius 2 is 2.24 bits per heavy atom. The number of furan rings is 1. The van der Waals surface area contributed by atoms with Crippen LogP contribution >= 0.6 is 0 Å². The van der Waals surface area contributed by atoms with E-state index in [1.165, 1.54) is 6.07 Å². The fourth-order valence-electron chi connectivity index (χ4n) is 3.11. The summed E-state index contributed by atoms with van der Waals surface area (Å²) in [5.74, 6) is 0.0537. The number of carbonyl (C=O) groups excluding carboxylic acids is 1. The monoisotopic (exact) mass is 289 g/mol. The molecule has 112 valence electrons. The number of piperidine rings is 1. The third-order valence-corrected chi connectivity index (χ3v) is 4.62. The maximum absolute atomic E-state index is 13.7. The molecule has 1 unspecified atom stereocenters. The number of ketones is 1. The fraction of sp³-hybridized carbons (Fsp3) is 0.471. The van der Waals surface area contributed by atoms with Crippen molar-refractivity contribution >= 4 is 16.8 Å². The lowest BCUT2D eigenvalue weighted by Crippen LogP contribution is -2.42. The Balaban J connectivity index is 1.93. The largest absolute Gasteiger partial charge is 0.450 e. The molecule has 0 radical (unpaired) electrons. The van der Waals surface area contributed by atoms with Gasteiger partial charge in [-0.15, -0.1) is 0 Å². The Kier molecular flexibility index (Phi) is 3.57. The summed E-state index contributed by atoms with van der Waals surface area (Å²) >= 11 is 0. The quantitative estimate of drug-likeness (QED) is 0.874. The van der Waals surface area contributed by atoms with Crippen LogP contribution in [0.25, 0.3) is 11.0 Å². The molecule has 2 aromatic rings. The summed E-state index contributed by atoms with van der Waals surface area (Å²) in [4.78, 5) is 12.8. The second-order valence-corrected chi connectivity index (χ2v) is 6.36. The molecule has 0 bridgehead atoms. The van der Waals surface area contributed by atoms with Crippen molar-refractivity contribution in [3.63, 3.8) is 0 Å². The summed E-state index contributed by atoms with van der Waals surface area (Å²) in [5.41, 5.74) is -0.351. The minimum atomic E-state index is -0.516. The summed E-state index contributed by atoms with van der Waals surface area (Å²) in [6.45, 7) is 5.76. The molecule has 0 aliphatic carbocycles. The van der Waals surface area contributed by atoms with E-state index < -0.39 is 11.2 Å². The molecule has 1 aliphatic heterocycles. The predicted molar refractivity (Wildman–Crippen MR) is 79.9 cm³/mol. The molecule has 3 nitrogen and oxygen atoms in total. The van der Waals surface area contributed by atoms with E-state index in [2.05, 4.69) is 5.32 Å². The normalized spacial score (nSPS) is 19.9. The highest BCUT2D eigenvalue weighted by atomic mass is 19.1. The highest BCUT2D eigenvalue weighted by Gasteiger charge is 2.39. The van der Waals surface area contributed by atoms with Crippen molar-refractivity contribution in [1.82, 2.24) is 5.32 Å². The van der Waals surface area contributed by atoms with Gasteiger partial charge in [0.2, 0.25) is 5.78 Å². The minimum Gasteiger partial charge on any atom is -0.450 e. The van der Waals surface area contributed by atoms with E-state index in [0.717, 1.165) is 25.9 Å². The fourth-order valence-corrected chi connectivity index (χ4v) is 3.11. The summed E-state index contributed by atoms with van der Waals surface area (Å²) in [6.07, 6.45) is 2.11. The molecule has 21 heavy (non-hydrogen) atoms. The van der Waals surface area contributed by atoms with Gasteiger partial charge in [0, 0.05) is 10.8 Å². The van der Waals surface area contributed by atoms with Crippen LogP contribution in [0.1, 0.15) is 37.2 Å². The average Bonchev–Trinajstić information content (AvgIpc) is 2.93. The first-order chi connectivity index (χ1) is 10.00. The maximum atomic E-state index is 13.7. The van der Waals surface area contributed by atoms with Crippen LogP contribution in [0.3, 0.4) is 0 Å². The third kappa shape index (κ3) is 2.48. The van der Waals surface area contributed by atoms with Gasteiger partial charge in [-0.2, -0.15) is 0 Å². The summed E-state index contributed by atoms with van der Waals surface area (Å²) in [6, 6.07) is 6.38. The summed E-state index contributed by atoms with van der Waals surface area (Å²) in [7, 11) is 0. The van der Waals surface area contributed by atoms with Crippen molar-refractivity contribution in [3.8, 4) is 0 Å². The topological polar surface area (TPSA) is 42.2 Å². The highest BCUT2D eigenvalue weighted by molar-refractivity contribution is 6.01. The van der Waals surface area contributed by atoms with E-state index in [1.54, 1.807) is 18.2 Å². The van der Waals surface area contributed by atoms with Gasteiger partial charge in [-0.05, 0) is 44.0 Å². The van der Waals surface area contributed by atoms with E-state index in [9.17, 15) is 9.18 Å². The molecule has 1 N–H and O–H groups in total. The van der Waals surface area contributed by atoms with Gasteiger partial charge in [0.05, 0.1) is 0 Å². The average molecular weight is 289 g/mol. The van der Waals surface area contributed by atoms with Gasteiger partial charge in [0.1, 0.15) is 0 Å². The molecule has 0 amide bonds. The van der Waals surface area contributed by atoms with Crippen LogP contribution in [0.5, 0.6) is 0 Å². The summed E-state index contributed by atoms with van der Waals surface area (Å²) in [5, 5.41) is 3.98. The smallest absolute Gasteiger partial charge is 0.203 e. The lowest BCUT2D eigenvalue weighted by atomic mass is 9.71. The first-order valence-corrected chi connectivity index (χ1v) is 7.44. The van der Waals surface area contributed by atoms with Crippen molar-refractivity contribution < 1.29 is 13.6 Å². The first-order valence-electron chi connectivity index (χ1n) is 7.44.